The topological polar surface area (TPSA) is 35.5 Å². The average molecular weight is 244 g/mol. The molecule has 1 spiro atoms. The van der Waals surface area contributed by atoms with Crippen molar-refractivity contribution in [2.75, 3.05) is 0 Å². The van der Waals surface area contributed by atoms with Crippen molar-refractivity contribution in [1.29, 1.82) is 0 Å². The first-order valence-electron chi connectivity index (χ1n) is 6.79. The molecule has 0 radical (unpaired) electrons. The van der Waals surface area contributed by atoms with Crippen LogP contribution in [0.1, 0.15) is 32.1 Å². The molecule has 1 aromatic carbocycles. The molecule has 2 fully saturated rings. The lowest BCUT2D eigenvalue weighted by Crippen LogP contribution is -2.59. The Bertz CT molecular complexity index is 483. The van der Waals surface area contributed by atoms with E-state index in [1.807, 2.05) is 24.3 Å². The van der Waals surface area contributed by atoms with Gasteiger partial charge in [0.25, 0.3) is 5.79 Å². The predicted octanol–water partition coefficient (Wildman–Crippen LogP) is 2.93. The monoisotopic (exact) mass is 244 g/mol. The van der Waals surface area contributed by atoms with Crippen molar-refractivity contribution in [3.05, 3.63) is 24.3 Å². The number of benzene rings is 1. The minimum absolute atomic E-state index is 0.0719. The number of fused-ring (bicyclic) bond motifs is 1. The van der Waals surface area contributed by atoms with Gasteiger partial charge < -0.3 is 9.47 Å². The Kier molecular flexibility index (Phi) is 2.02. The van der Waals surface area contributed by atoms with Crippen molar-refractivity contribution in [3.63, 3.8) is 0 Å². The Morgan fingerprint density at radius 2 is 1.78 bits per heavy atom. The van der Waals surface area contributed by atoms with E-state index < -0.39 is 5.79 Å². The van der Waals surface area contributed by atoms with Gasteiger partial charge in [-0.2, -0.15) is 0 Å². The van der Waals surface area contributed by atoms with Gasteiger partial charge in [-0.3, -0.25) is 4.79 Å². The molecule has 1 aromatic rings. The lowest BCUT2D eigenvalue weighted by Gasteiger charge is -2.47. The molecule has 0 amide bonds. The fraction of sp³-hybridized carbons (Fsp3) is 0.533. The smallest absolute Gasteiger partial charge is 0.264 e. The van der Waals surface area contributed by atoms with Crippen LogP contribution in [-0.2, 0) is 4.79 Å². The van der Waals surface area contributed by atoms with Crippen molar-refractivity contribution in [2.45, 2.75) is 37.9 Å². The van der Waals surface area contributed by atoms with E-state index in [0.717, 1.165) is 37.2 Å². The Balaban J connectivity index is 1.78. The zero-order chi connectivity index (χ0) is 12.2. The van der Waals surface area contributed by atoms with Crippen LogP contribution in [0.5, 0.6) is 11.5 Å². The second-order valence-corrected chi connectivity index (χ2v) is 5.56. The van der Waals surface area contributed by atoms with E-state index in [4.69, 9.17) is 9.47 Å². The molecule has 3 aliphatic rings. The first-order chi connectivity index (χ1) is 8.79. The molecule has 2 aliphatic carbocycles. The molecule has 1 aliphatic heterocycles. The van der Waals surface area contributed by atoms with Gasteiger partial charge in [0.1, 0.15) is 5.78 Å². The zero-order valence-electron chi connectivity index (χ0n) is 10.2. The van der Waals surface area contributed by atoms with E-state index in [-0.39, 0.29) is 5.92 Å². The van der Waals surface area contributed by atoms with Gasteiger partial charge >= 0.3 is 0 Å². The highest BCUT2D eigenvalue weighted by molar-refractivity contribution is 5.83. The summed E-state index contributed by atoms with van der Waals surface area (Å²) in [5, 5.41) is 0. The third-order valence-electron chi connectivity index (χ3n) is 4.62. The summed E-state index contributed by atoms with van der Waals surface area (Å²) in [4.78, 5) is 12.2. The normalized spacial score (nSPS) is 31.7. The summed E-state index contributed by atoms with van der Waals surface area (Å²) in [7, 11) is 0. The molecular weight excluding hydrogens is 228 g/mol. The fourth-order valence-electron chi connectivity index (χ4n) is 3.77. The summed E-state index contributed by atoms with van der Waals surface area (Å²) in [6.07, 6.45) is 4.73. The first-order valence-corrected chi connectivity index (χ1v) is 6.79. The van der Waals surface area contributed by atoms with Crippen LogP contribution in [0, 0.1) is 11.8 Å². The molecular formula is C15H16O3. The highest BCUT2D eigenvalue weighted by atomic mass is 16.7. The Hall–Kier alpha value is -1.51. The first kappa shape index (κ1) is 10.4. The Labute approximate surface area is 106 Å². The standard InChI is InChI=1S/C15H16O3/c16-12-9-8-10-4-3-5-11(12)15(10)17-13-6-1-2-7-14(13)18-15/h1-2,6-7,10-11H,3-5,8-9H2/t10-,11+/m1/s1. The van der Waals surface area contributed by atoms with Crippen molar-refractivity contribution in [1.82, 2.24) is 0 Å². The lowest BCUT2D eigenvalue weighted by molar-refractivity contribution is -0.202. The number of ether oxygens (including phenoxy) is 2. The number of hydrogen-bond donors (Lipinski definition) is 0. The number of para-hydroxylation sites is 2. The molecule has 4 rings (SSSR count). The Morgan fingerprint density at radius 1 is 1.06 bits per heavy atom. The summed E-state index contributed by atoms with van der Waals surface area (Å²) < 4.78 is 12.3. The maximum Gasteiger partial charge on any atom is 0.264 e. The summed E-state index contributed by atoms with van der Waals surface area (Å²) >= 11 is 0. The van der Waals surface area contributed by atoms with Gasteiger partial charge in [0, 0.05) is 12.3 Å². The van der Waals surface area contributed by atoms with Gasteiger partial charge in [0.05, 0.1) is 5.92 Å². The lowest BCUT2D eigenvalue weighted by atomic mass is 9.66. The van der Waals surface area contributed by atoms with Crippen LogP contribution >= 0.6 is 0 Å². The van der Waals surface area contributed by atoms with Crippen molar-refractivity contribution >= 4 is 5.78 Å². The maximum absolute atomic E-state index is 12.2. The number of hydrogen-bond acceptors (Lipinski definition) is 3. The van der Waals surface area contributed by atoms with Gasteiger partial charge in [0.15, 0.2) is 11.5 Å². The second-order valence-electron chi connectivity index (χ2n) is 5.56. The average Bonchev–Trinajstić information content (AvgIpc) is 2.73. The summed E-state index contributed by atoms with van der Waals surface area (Å²) in [6.45, 7) is 0. The summed E-state index contributed by atoms with van der Waals surface area (Å²) in [5.41, 5.74) is 0. The largest absolute Gasteiger partial charge is 0.447 e. The number of carbonyl (C=O) groups excluding carboxylic acids is 1. The van der Waals surface area contributed by atoms with E-state index >= 15 is 0 Å². The molecule has 0 unspecified atom stereocenters. The maximum atomic E-state index is 12.2. The quantitative estimate of drug-likeness (QED) is 0.704. The van der Waals surface area contributed by atoms with Gasteiger partial charge in [-0.25, -0.2) is 0 Å². The second kappa shape index (κ2) is 3.50. The van der Waals surface area contributed by atoms with Gasteiger partial charge in [-0.15, -0.1) is 0 Å². The Morgan fingerprint density at radius 3 is 2.50 bits per heavy atom. The van der Waals surface area contributed by atoms with E-state index in [1.54, 1.807) is 0 Å². The van der Waals surface area contributed by atoms with Crippen molar-refractivity contribution < 1.29 is 14.3 Å². The van der Waals surface area contributed by atoms with E-state index in [0.29, 0.717) is 18.1 Å². The minimum Gasteiger partial charge on any atom is -0.447 e. The molecule has 18 heavy (non-hydrogen) atoms. The van der Waals surface area contributed by atoms with Crippen LogP contribution in [0.25, 0.3) is 0 Å². The van der Waals surface area contributed by atoms with Crippen LogP contribution in [-0.4, -0.2) is 11.6 Å². The van der Waals surface area contributed by atoms with E-state index in [2.05, 4.69) is 0 Å². The van der Waals surface area contributed by atoms with Crippen molar-refractivity contribution in [3.8, 4) is 11.5 Å². The van der Waals surface area contributed by atoms with E-state index in [1.165, 1.54) is 0 Å². The number of carbonyl (C=O) groups is 1. The van der Waals surface area contributed by atoms with Gasteiger partial charge in [-0.05, 0) is 31.4 Å². The van der Waals surface area contributed by atoms with Crippen LogP contribution < -0.4 is 9.47 Å². The molecule has 0 N–H and O–H groups in total. The van der Waals surface area contributed by atoms with Gasteiger partial charge in [-0.1, -0.05) is 18.6 Å². The number of Topliss-reactive ketones (excluding diaryl/α,β-unsaturated/α-hetero) is 1. The fourth-order valence-corrected chi connectivity index (χ4v) is 3.77. The molecule has 1 heterocycles. The highest BCUT2D eigenvalue weighted by Crippen LogP contribution is 2.54. The molecule has 2 atom stereocenters. The minimum atomic E-state index is -0.683. The molecule has 0 aromatic heterocycles. The molecule has 2 saturated carbocycles. The predicted molar refractivity (Wildman–Crippen MR) is 65.5 cm³/mol. The molecule has 0 saturated heterocycles. The zero-order valence-corrected chi connectivity index (χ0v) is 10.2. The highest BCUT2D eigenvalue weighted by Gasteiger charge is 2.60. The third kappa shape index (κ3) is 1.22. The molecule has 2 bridgehead atoms. The summed E-state index contributed by atoms with van der Waals surface area (Å²) in [5.74, 6) is 1.52. The molecule has 3 heteroatoms. The number of rotatable bonds is 0. The van der Waals surface area contributed by atoms with Crippen LogP contribution in [0.2, 0.25) is 0 Å². The SMILES string of the molecule is O=C1CC[C@H]2CCC[C@@H]1C21Oc2ccccc2O1. The van der Waals surface area contributed by atoms with Gasteiger partial charge in [0.2, 0.25) is 0 Å². The van der Waals surface area contributed by atoms with E-state index in [9.17, 15) is 4.79 Å². The van der Waals surface area contributed by atoms with Crippen LogP contribution in [0.15, 0.2) is 24.3 Å². The van der Waals surface area contributed by atoms with Crippen LogP contribution in [0.4, 0.5) is 0 Å². The number of ketones is 1. The van der Waals surface area contributed by atoms with Crippen molar-refractivity contribution in [2.24, 2.45) is 11.8 Å². The third-order valence-corrected chi connectivity index (χ3v) is 4.62. The molecule has 3 nitrogen and oxygen atoms in total. The summed E-state index contributed by atoms with van der Waals surface area (Å²) in [6, 6.07) is 7.75. The molecule has 94 valence electrons. The van der Waals surface area contributed by atoms with Crippen LogP contribution in [0.3, 0.4) is 0 Å².